The highest BCUT2D eigenvalue weighted by molar-refractivity contribution is 5.48. The minimum atomic E-state index is -0.0336. The van der Waals surface area contributed by atoms with Crippen LogP contribution in [0.5, 0.6) is 0 Å². The van der Waals surface area contributed by atoms with Crippen LogP contribution in [-0.4, -0.2) is 28.8 Å². The Labute approximate surface area is 72.6 Å². The Morgan fingerprint density at radius 2 is 2.08 bits per heavy atom. The molecule has 12 heavy (non-hydrogen) atoms. The van der Waals surface area contributed by atoms with E-state index in [1.807, 2.05) is 5.06 Å². The number of aliphatic imine (C=N–C) groups is 1. The Morgan fingerprint density at radius 1 is 1.42 bits per heavy atom. The maximum absolute atomic E-state index is 5.31. The topological polar surface area (TPSA) is 36.9 Å². The minimum Gasteiger partial charge on any atom is -0.390 e. The molecule has 1 fully saturated rings. The molecule has 0 aromatic rings. The normalized spacial score (nSPS) is 36.5. The van der Waals surface area contributed by atoms with Gasteiger partial charge in [-0.15, -0.1) is 0 Å². The Morgan fingerprint density at radius 3 is 2.67 bits per heavy atom. The third-order valence-corrected chi connectivity index (χ3v) is 3.16. The van der Waals surface area contributed by atoms with Crippen LogP contribution in [0.3, 0.4) is 0 Å². The van der Waals surface area contributed by atoms with Crippen LogP contribution in [0, 0.1) is 0 Å². The van der Waals surface area contributed by atoms with Gasteiger partial charge in [-0.1, -0.05) is 5.06 Å². The van der Waals surface area contributed by atoms with E-state index in [0.717, 1.165) is 0 Å². The summed E-state index contributed by atoms with van der Waals surface area (Å²) < 4.78 is 0. The molecule has 2 heterocycles. The summed E-state index contributed by atoms with van der Waals surface area (Å²) in [6.45, 7) is 8.61. The molecule has 2 aliphatic rings. The van der Waals surface area contributed by atoms with Crippen molar-refractivity contribution in [3.63, 3.8) is 0 Å². The first-order chi connectivity index (χ1) is 5.45. The number of hydrogen-bond acceptors (Lipinski definition) is 4. The summed E-state index contributed by atoms with van der Waals surface area (Å²) in [5.74, 6) is 0. The van der Waals surface area contributed by atoms with Crippen molar-refractivity contribution in [2.45, 2.75) is 45.1 Å². The van der Waals surface area contributed by atoms with Gasteiger partial charge in [-0.3, -0.25) is 5.32 Å². The maximum atomic E-state index is 5.31. The lowest BCUT2D eigenvalue weighted by molar-refractivity contribution is -0.131. The quantitative estimate of drug-likeness (QED) is 0.580. The van der Waals surface area contributed by atoms with E-state index in [2.05, 4.69) is 38.0 Å². The van der Waals surface area contributed by atoms with E-state index in [1.54, 1.807) is 0 Å². The van der Waals surface area contributed by atoms with Crippen LogP contribution in [0.1, 0.15) is 27.7 Å². The van der Waals surface area contributed by atoms with Gasteiger partial charge in [0.25, 0.3) is 0 Å². The van der Waals surface area contributed by atoms with Crippen LogP contribution in [0.4, 0.5) is 0 Å². The molecule has 2 aliphatic heterocycles. The van der Waals surface area contributed by atoms with Crippen LogP contribution >= 0.6 is 0 Å². The van der Waals surface area contributed by atoms with Crippen molar-refractivity contribution in [3.8, 4) is 0 Å². The van der Waals surface area contributed by atoms with Gasteiger partial charge in [0.15, 0.2) is 12.7 Å². The first kappa shape index (κ1) is 8.01. The fraction of sp³-hybridized carbons (Fsp3) is 0.875. The van der Waals surface area contributed by atoms with Crippen molar-refractivity contribution in [2.75, 3.05) is 0 Å². The highest BCUT2D eigenvalue weighted by Gasteiger charge is 2.55. The van der Waals surface area contributed by atoms with E-state index < -0.39 is 0 Å². The third kappa shape index (κ3) is 0.765. The van der Waals surface area contributed by atoms with Gasteiger partial charge in [-0.25, -0.2) is 4.99 Å². The predicted octanol–water partition coefficient (Wildman–Crippen LogP) is 0.706. The van der Waals surface area contributed by atoms with Gasteiger partial charge in [0.05, 0.1) is 5.54 Å². The number of nitrogens with one attached hydrogen (secondary N) is 1. The number of fused-ring (bicyclic) bond motifs is 1. The van der Waals surface area contributed by atoms with Gasteiger partial charge in [0.1, 0.15) is 0 Å². The molecule has 0 aromatic heterocycles. The largest absolute Gasteiger partial charge is 0.390 e. The van der Waals surface area contributed by atoms with Crippen molar-refractivity contribution in [1.82, 2.24) is 10.4 Å². The van der Waals surface area contributed by atoms with Crippen molar-refractivity contribution in [2.24, 2.45) is 4.99 Å². The van der Waals surface area contributed by atoms with E-state index in [9.17, 15) is 0 Å². The number of nitrogens with zero attached hydrogens (tertiary/aromatic N) is 2. The molecule has 68 valence electrons. The second-order valence-electron chi connectivity index (χ2n) is 4.39. The monoisotopic (exact) mass is 169 g/mol. The number of hydroxylamine groups is 2. The van der Waals surface area contributed by atoms with Crippen LogP contribution in [0.2, 0.25) is 0 Å². The molecule has 0 radical (unpaired) electrons. The third-order valence-electron chi connectivity index (χ3n) is 3.16. The van der Waals surface area contributed by atoms with Gasteiger partial charge < -0.3 is 4.84 Å². The van der Waals surface area contributed by atoms with Gasteiger partial charge in [-0.05, 0) is 27.7 Å². The Kier molecular flexibility index (Phi) is 1.34. The molecule has 1 atom stereocenters. The van der Waals surface area contributed by atoms with Crippen LogP contribution in [-0.2, 0) is 4.84 Å². The molecule has 2 rings (SSSR count). The van der Waals surface area contributed by atoms with Crippen molar-refractivity contribution in [1.29, 1.82) is 0 Å². The van der Waals surface area contributed by atoms with E-state index in [1.165, 1.54) is 6.40 Å². The van der Waals surface area contributed by atoms with Gasteiger partial charge >= 0.3 is 0 Å². The summed E-state index contributed by atoms with van der Waals surface area (Å²) >= 11 is 0. The van der Waals surface area contributed by atoms with E-state index in [-0.39, 0.29) is 17.4 Å². The zero-order chi connectivity index (χ0) is 8.98. The Bertz CT molecular complexity index is 234. The average molecular weight is 169 g/mol. The lowest BCUT2D eigenvalue weighted by Gasteiger charge is -2.36. The molecular formula is C8H15N3O. The molecule has 0 spiro atoms. The summed E-state index contributed by atoms with van der Waals surface area (Å²) in [5, 5.41) is 5.28. The average Bonchev–Trinajstić information content (AvgIpc) is 2.39. The van der Waals surface area contributed by atoms with E-state index >= 15 is 0 Å². The van der Waals surface area contributed by atoms with E-state index in [4.69, 9.17) is 4.84 Å². The van der Waals surface area contributed by atoms with Gasteiger partial charge in [0, 0.05) is 5.54 Å². The molecule has 0 aromatic carbocycles. The van der Waals surface area contributed by atoms with Crippen LogP contribution in [0.15, 0.2) is 4.99 Å². The number of hydrogen-bond donors (Lipinski definition) is 1. The van der Waals surface area contributed by atoms with Gasteiger partial charge in [-0.2, -0.15) is 0 Å². The molecule has 0 saturated carbocycles. The smallest absolute Gasteiger partial charge is 0.199 e. The molecule has 1 unspecified atom stereocenters. The molecule has 4 heteroatoms. The maximum Gasteiger partial charge on any atom is 0.199 e. The highest BCUT2D eigenvalue weighted by Crippen LogP contribution is 2.37. The summed E-state index contributed by atoms with van der Waals surface area (Å²) in [4.78, 5) is 9.46. The van der Waals surface area contributed by atoms with Crippen LogP contribution in [0.25, 0.3) is 0 Å². The fourth-order valence-corrected chi connectivity index (χ4v) is 1.56. The van der Waals surface area contributed by atoms with E-state index in [0.29, 0.717) is 0 Å². The first-order valence-electron chi connectivity index (χ1n) is 4.21. The zero-order valence-corrected chi connectivity index (χ0v) is 7.96. The highest BCUT2D eigenvalue weighted by atomic mass is 16.7. The molecule has 0 bridgehead atoms. The second kappa shape index (κ2) is 2.00. The SMILES string of the molecule is CC1(C)NC2N=CON2C1(C)C. The summed E-state index contributed by atoms with van der Waals surface area (Å²) in [5.41, 5.74) is -0.0103. The Balaban J connectivity index is 2.33. The molecule has 0 aliphatic carbocycles. The molecule has 0 amide bonds. The van der Waals surface area contributed by atoms with Crippen molar-refractivity contribution >= 4 is 6.40 Å². The summed E-state index contributed by atoms with van der Waals surface area (Å²) in [6, 6.07) is 0. The lowest BCUT2D eigenvalue weighted by Crippen LogP contribution is -2.52. The first-order valence-corrected chi connectivity index (χ1v) is 4.21. The summed E-state index contributed by atoms with van der Waals surface area (Å²) in [6.07, 6.45) is 1.49. The molecular weight excluding hydrogens is 154 g/mol. The van der Waals surface area contributed by atoms with Gasteiger partial charge in [0.2, 0.25) is 0 Å². The second-order valence-corrected chi connectivity index (χ2v) is 4.39. The molecule has 1 N–H and O–H groups in total. The van der Waals surface area contributed by atoms with Crippen molar-refractivity contribution < 1.29 is 4.84 Å². The lowest BCUT2D eigenvalue weighted by atomic mass is 9.84. The molecule has 4 nitrogen and oxygen atoms in total. The fourth-order valence-electron chi connectivity index (χ4n) is 1.56. The molecule has 1 saturated heterocycles. The van der Waals surface area contributed by atoms with Crippen LogP contribution < -0.4 is 5.32 Å². The predicted molar refractivity (Wildman–Crippen MR) is 46.5 cm³/mol. The minimum absolute atomic E-state index is 0.00463. The van der Waals surface area contributed by atoms with Crippen molar-refractivity contribution in [3.05, 3.63) is 0 Å². The number of rotatable bonds is 0. The standard InChI is InChI=1S/C8H15N3O/c1-7(2)8(3,4)11-6(10-7)9-5-12-11/h5-6,10H,1-4H3. The summed E-state index contributed by atoms with van der Waals surface area (Å²) in [7, 11) is 0. The Hall–Kier alpha value is -0.610. The zero-order valence-electron chi connectivity index (χ0n) is 7.96.